The molecular weight excluding hydrogens is 370 g/mol. The summed E-state index contributed by atoms with van der Waals surface area (Å²) in [6, 6.07) is 12.2. The summed E-state index contributed by atoms with van der Waals surface area (Å²) in [4.78, 5) is 15.4. The van der Waals surface area contributed by atoms with Gasteiger partial charge in [-0.2, -0.15) is 0 Å². The number of ether oxygens (including phenoxy) is 3. The van der Waals surface area contributed by atoms with Crippen molar-refractivity contribution in [2.24, 2.45) is 0 Å². The van der Waals surface area contributed by atoms with E-state index in [9.17, 15) is 4.79 Å². The molecule has 0 bridgehead atoms. The van der Waals surface area contributed by atoms with Crippen molar-refractivity contribution in [1.29, 1.82) is 0 Å². The highest BCUT2D eigenvalue weighted by atomic mass is 16.7. The van der Waals surface area contributed by atoms with Crippen LogP contribution in [0.25, 0.3) is 5.65 Å². The normalized spacial score (nSPS) is 19.4. The summed E-state index contributed by atoms with van der Waals surface area (Å²) >= 11 is 0. The van der Waals surface area contributed by atoms with Crippen LogP contribution in [0.1, 0.15) is 28.6 Å². The number of aromatic nitrogens is 2. The van der Waals surface area contributed by atoms with E-state index in [0.717, 1.165) is 33.8 Å². The number of nitrogens with zero attached hydrogens (tertiary/aromatic N) is 2. The number of hydrogen-bond donors (Lipinski definition) is 1. The number of rotatable bonds is 7. The number of carbonyl (C=O) groups excluding carboxylic acids is 1. The summed E-state index contributed by atoms with van der Waals surface area (Å²) in [5.74, 6) is 0. The summed E-state index contributed by atoms with van der Waals surface area (Å²) in [6.45, 7) is 4.63. The predicted molar refractivity (Wildman–Crippen MR) is 109 cm³/mol. The molecule has 1 aromatic carbocycles. The fourth-order valence-corrected chi connectivity index (χ4v) is 3.83. The van der Waals surface area contributed by atoms with Gasteiger partial charge in [0.1, 0.15) is 6.61 Å². The van der Waals surface area contributed by atoms with Gasteiger partial charge in [-0.15, -0.1) is 0 Å². The molecule has 0 aliphatic carbocycles. The molecule has 0 saturated heterocycles. The second kappa shape index (κ2) is 8.23. The second-order valence-corrected chi connectivity index (χ2v) is 7.20. The van der Waals surface area contributed by atoms with E-state index in [2.05, 4.69) is 41.0 Å². The molecule has 0 radical (unpaired) electrons. The van der Waals surface area contributed by atoms with Gasteiger partial charge in [0.15, 0.2) is 5.65 Å². The lowest BCUT2D eigenvalue weighted by atomic mass is 9.91. The summed E-state index contributed by atoms with van der Waals surface area (Å²) in [5.41, 5.74) is 6.37. The van der Waals surface area contributed by atoms with E-state index in [-0.39, 0.29) is 18.8 Å². The Hall–Kier alpha value is -2.90. The van der Waals surface area contributed by atoms with Gasteiger partial charge >= 0.3 is 0 Å². The van der Waals surface area contributed by atoms with E-state index in [1.807, 2.05) is 25.1 Å². The van der Waals surface area contributed by atoms with Crippen molar-refractivity contribution in [1.82, 2.24) is 9.38 Å². The number of fused-ring (bicyclic) bond motifs is 3. The number of aryl methyl sites for hydroxylation is 2. The van der Waals surface area contributed by atoms with Gasteiger partial charge in [-0.1, -0.05) is 30.3 Å². The minimum Gasteiger partial charge on any atom is -0.435 e. The molecule has 2 aromatic heterocycles. The highest BCUT2D eigenvalue weighted by molar-refractivity contribution is 5.74. The first-order valence-electron chi connectivity index (χ1n) is 9.64. The molecule has 0 saturated carbocycles. The van der Waals surface area contributed by atoms with Crippen LogP contribution in [-0.4, -0.2) is 42.0 Å². The molecule has 7 nitrogen and oxygen atoms in total. The van der Waals surface area contributed by atoms with Gasteiger partial charge < -0.3 is 23.9 Å². The van der Waals surface area contributed by atoms with Crippen LogP contribution in [0.2, 0.25) is 0 Å². The Morgan fingerprint density at radius 1 is 1.28 bits per heavy atom. The lowest BCUT2D eigenvalue weighted by Crippen LogP contribution is -2.37. The Labute approximate surface area is 169 Å². The highest BCUT2D eigenvalue weighted by Gasteiger charge is 2.32. The molecule has 0 fully saturated rings. The van der Waals surface area contributed by atoms with Gasteiger partial charge in [-0.3, -0.25) is 4.79 Å². The zero-order valence-corrected chi connectivity index (χ0v) is 16.8. The molecule has 4 rings (SSSR count). The van der Waals surface area contributed by atoms with Crippen molar-refractivity contribution in [2.45, 2.75) is 38.7 Å². The lowest BCUT2D eigenvalue weighted by Gasteiger charge is -2.35. The first kappa shape index (κ1) is 19.4. The number of nitrogens with one attached hydrogen (secondary N) is 1. The zero-order valence-electron chi connectivity index (χ0n) is 16.8. The number of hydrogen-bond acceptors (Lipinski definition) is 6. The number of anilines is 1. The summed E-state index contributed by atoms with van der Waals surface area (Å²) in [6.07, 6.45) is 1.88. The summed E-state index contributed by atoms with van der Waals surface area (Å²) in [7, 11) is 1.49. The number of imidazole rings is 1. The smallest absolute Gasteiger partial charge is 0.295 e. The molecule has 3 heterocycles. The van der Waals surface area contributed by atoms with E-state index in [1.54, 1.807) is 0 Å². The standard InChI is InChI=1S/C22H25N3O4/c1-14-15(2)25-10-9-17-11-18(28-12-19(27-3)29-13-26)20(16-7-5-4-6-8-16)24-21(17)22(25)23-14/h4-10,13,18-20,24H,11-12H2,1-3H3. The van der Waals surface area contributed by atoms with Crippen molar-refractivity contribution in [3.05, 3.63) is 65.1 Å². The Morgan fingerprint density at radius 3 is 2.79 bits per heavy atom. The molecule has 1 aliphatic rings. The second-order valence-electron chi connectivity index (χ2n) is 7.20. The molecule has 3 atom stereocenters. The van der Waals surface area contributed by atoms with Gasteiger partial charge in [0.25, 0.3) is 6.47 Å². The molecule has 3 aromatic rings. The Morgan fingerprint density at radius 2 is 2.07 bits per heavy atom. The molecular formula is C22H25N3O4. The van der Waals surface area contributed by atoms with E-state index < -0.39 is 6.29 Å². The molecule has 1 N–H and O–H groups in total. The number of carbonyl (C=O) groups is 1. The molecule has 7 heteroatoms. The van der Waals surface area contributed by atoms with Crippen LogP contribution in [0.4, 0.5) is 5.69 Å². The topological polar surface area (TPSA) is 74.1 Å². The third-order valence-electron chi connectivity index (χ3n) is 5.52. The zero-order chi connectivity index (χ0) is 20.4. The minimum atomic E-state index is -0.731. The molecule has 152 valence electrons. The molecule has 0 amide bonds. The van der Waals surface area contributed by atoms with E-state index in [0.29, 0.717) is 12.9 Å². The highest BCUT2D eigenvalue weighted by Crippen LogP contribution is 2.37. The first-order valence-corrected chi connectivity index (χ1v) is 9.64. The Balaban J connectivity index is 1.69. The number of benzene rings is 1. The maximum Gasteiger partial charge on any atom is 0.295 e. The fraction of sp³-hybridized carbons (Fsp3) is 0.364. The summed E-state index contributed by atoms with van der Waals surface area (Å²) in [5, 5.41) is 3.66. The fourth-order valence-electron chi connectivity index (χ4n) is 3.83. The molecule has 1 aliphatic heterocycles. The van der Waals surface area contributed by atoms with Crippen LogP contribution >= 0.6 is 0 Å². The van der Waals surface area contributed by atoms with Crippen LogP contribution in [0, 0.1) is 13.8 Å². The predicted octanol–water partition coefficient (Wildman–Crippen LogP) is 3.19. The van der Waals surface area contributed by atoms with Crippen LogP contribution < -0.4 is 5.32 Å². The number of methoxy groups -OCH3 is 1. The van der Waals surface area contributed by atoms with Crippen molar-refractivity contribution >= 4 is 17.8 Å². The Bertz CT molecular complexity index is 1000. The summed E-state index contributed by atoms with van der Waals surface area (Å²) < 4.78 is 18.3. The van der Waals surface area contributed by atoms with Crippen molar-refractivity contribution < 1.29 is 19.0 Å². The van der Waals surface area contributed by atoms with Gasteiger partial charge in [0.05, 0.1) is 23.5 Å². The van der Waals surface area contributed by atoms with Gasteiger partial charge in [-0.05, 0) is 31.0 Å². The monoisotopic (exact) mass is 395 g/mol. The van der Waals surface area contributed by atoms with Crippen molar-refractivity contribution in [3.63, 3.8) is 0 Å². The first-order chi connectivity index (χ1) is 14.1. The van der Waals surface area contributed by atoms with E-state index in [1.165, 1.54) is 7.11 Å². The van der Waals surface area contributed by atoms with Crippen LogP contribution in [0.15, 0.2) is 42.6 Å². The van der Waals surface area contributed by atoms with Crippen molar-refractivity contribution in [2.75, 3.05) is 19.0 Å². The average Bonchev–Trinajstić information content (AvgIpc) is 3.05. The maximum absolute atomic E-state index is 10.6. The largest absolute Gasteiger partial charge is 0.435 e. The average molecular weight is 395 g/mol. The Kier molecular flexibility index (Phi) is 5.51. The van der Waals surface area contributed by atoms with Gasteiger partial charge in [-0.25, -0.2) is 4.98 Å². The lowest BCUT2D eigenvalue weighted by molar-refractivity contribution is -0.175. The third-order valence-corrected chi connectivity index (χ3v) is 5.52. The van der Waals surface area contributed by atoms with Crippen LogP contribution in [0.5, 0.6) is 0 Å². The molecule has 3 unspecified atom stereocenters. The molecule has 29 heavy (non-hydrogen) atoms. The van der Waals surface area contributed by atoms with Crippen LogP contribution in [-0.2, 0) is 25.4 Å². The SMILES string of the molecule is COC(COC1Cc2ccn3c(C)c(C)nc3c2NC1c1ccccc1)OC=O. The quantitative estimate of drug-likeness (QED) is 0.489. The van der Waals surface area contributed by atoms with Crippen molar-refractivity contribution in [3.8, 4) is 0 Å². The maximum atomic E-state index is 10.6. The number of pyridine rings is 1. The van der Waals surface area contributed by atoms with Gasteiger partial charge in [0, 0.05) is 25.4 Å². The third kappa shape index (κ3) is 3.71. The minimum absolute atomic E-state index is 0.0686. The van der Waals surface area contributed by atoms with E-state index >= 15 is 0 Å². The van der Waals surface area contributed by atoms with Crippen LogP contribution in [0.3, 0.4) is 0 Å². The van der Waals surface area contributed by atoms with Gasteiger partial charge in [0.2, 0.25) is 6.29 Å². The van der Waals surface area contributed by atoms with E-state index in [4.69, 9.17) is 19.2 Å². The molecule has 0 spiro atoms.